The summed E-state index contributed by atoms with van der Waals surface area (Å²) in [7, 11) is 0. The van der Waals surface area contributed by atoms with E-state index >= 15 is 0 Å². The first-order valence-corrected chi connectivity index (χ1v) is 6.07. The van der Waals surface area contributed by atoms with Crippen LogP contribution in [0, 0.1) is 29.6 Å². The molecule has 1 aliphatic rings. The highest BCUT2D eigenvalue weighted by Crippen LogP contribution is 2.33. The Kier molecular flexibility index (Phi) is 4.88. The number of ketones is 1. The molecule has 0 spiro atoms. The zero-order valence-corrected chi connectivity index (χ0v) is 10.2. The van der Waals surface area contributed by atoms with E-state index in [0.29, 0.717) is 11.7 Å². The van der Waals surface area contributed by atoms with E-state index < -0.39 is 0 Å². The smallest absolute Gasteiger partial charge is 0.136 e. The predicted octanol–water partition coefficient (Wildman–Crippen LogP) is 3.43. The Morgan fingerprint density at radius 1 is 1.47 bits per heavy atom. The van der Waals surface area contributed by atoms with E-state index in [4.69, 9.17) is 0 Å². The van der Waals surface area contributed by atoms with Crippen molar-refractivity contribution in [3.63, 3.8) is 0 Å². The van der Waals surface area contributed by atoms with Gasteiger partial charge in [0.2, 0.25) is 0 Å². The standard InChI is InChI=1S/C14H22O/c1-4-5-6-7-13-10-12(11(2)3)8-9-14(13)15/h11-13H,6-10H2,1-3H3. The Morgan fingerprint density at radius 3 is 2.80 bits per heavy atom. The number of Topliss-reactive ketones (excluding diaryl/α,β-unsaturated/α-hetero) is 1. The summed E-state index contributed by atoms with van der Waals surface area (Å²) in [5, 5.41) is 0. The van der Waals surface area contributed by atoms with Crippen LogP contribution in [0.3, 0.4) is 0 Å². The third-order valence-electron chi connectivity index (χ3n) is 3.54. The minimum absolute atomic E-state index is 0.298. The molecule has 0 N–H and O–H groups in total. The van der Waals surface area contributed by atoms with E-state index in [1.807, 2.05) is 6.92 Å². The normalized spacial score (nSPS) is 26.3. The first kappa shape index (κ1) is 12.3. The monoisotopic (exact) mass is 206 g/mol. The van der Waals surface area contributed by atoms with E-state index in [2.05, 4.69) is 25.7 Å². The van der Waals surface area contributed by atoms with Crippen LogP contribution in [0.15, 0.2) is 0 Å². The van der Waals surface area contributed by atoms with Crippen LogP contribution in [0.4, 0.5) is 0 Å². The summed E-state index contributed by atoms with van der Waals surface area (Å²) in [5.41, 5.74) is 0. The molecule has 2 atom stereocenters. The van der Waals surface area contributed by atoms with E-state index in [9.17, 15) is 4.79 Å². The summed E-state index contributed by atoms with van der Waals surface area (Å²) >= 11 is 0. The fourth-order valence-electron chi connectivity index (χ4n) is 2.40. The molecule has 84 valence electrons. The van der Waals surface area contributed by atoms with Crippen molar-refractivity contribution in [2.24, 2.45) is 17.8 Å². The molecule has 1 heteroatoms. The van der Waals surface area contributed by atoms with Gasteiger partial charge in [-0.3, -0.25) is 4.79 Å². The van der Waals surface area contributed by atoms with Crippen molar-refractivity contribution in [2.75, 3.05) is 0 Å². The second-order valence-corrected chi connectivity index (χ2v) is 4.91. The van der Waals surface area contributed by atoms with Crippen molar-refractivity contribution in [1.29, 1.82) is 0 Å². The molecule has 2 unspecified atom stereocenters. The molecular weight excluding hydrogens is 184 g/mol. The Morgan fingerprint density at radius 2 is 2.20 bits per heavy atom. The average Bonchev–Trinajstić information content (AvgIpc) is 2.20. The molecule has 0 aromatic carbocycles. The molecule has 15 heavy (non-hydrogen) atoms. The molecule has 0 saturated heterocycles. The second-order valence-electron chi connectivity index (χ2n) is 4.91. The lowest BCUT2D eigenvalue weighted by molar-refractivity contribution is -0.126. The van der Waals surface area contributed by atoms with Crippen LogP contribution in [-0.4, -0.2) is 5.78 Å². The second kappa shape index (κ2) is 5.95. The van der Waals surface area contributed by atoms with Gasteiger partial charge in [0.15, 0.2) is 0 Å². The van der Waals surface area contributed by atoms with Gasteiger partial charge in [0.1, 0.15) is 5.78 Å². The van der Waals surface area contributed by atoms with Crippen molar-refractivity contribution in [3.05, 3.63) is 0 Å². The molecule has 0 heterocycles. The topological polar surface area (TPSA) is 17.1 Å². The van der Waals surface area contributed by atoms with Crippen molar-refractivity contribution in [2.45, 2.75) is 52.9 Å². The molecule has 0 bridgehead atoms. The van der Waals surface area contributed by atoms with E-state index in [1.165, 1.54) is 0 Å². The largest absolute Gasteiger partial charge is 0.299 e. The predicted molar refractivity (Wildman–Crippen MR) is 63.4 cm³/mol. The summed E-state index contributed by atoms with van der Waals surface area (Å²) in [4.78, 5) is 11.7. The van der Waals surface area contributed by atoms with Crippen molar-refractivity contribution in [1.82, 2.24) is 0 Å². The average molecular weight is 206 g/mol. The van der Waals surface area contributed by atoms with Gasteiger partial charge in [-0.2, -0.15) is 0 Å². The molecule has 1 aliphatic carbocycles. The molecule has 0 aromatic heterocycles. The summed E-state index contributed by atoms with van der Waals surface area (Å²) in [6, 6.07) is 0. The first-order valence-electron chi connectivity index (χ1n) is 6.07. The SMILES string of the molecule is CC#CCCC1CC(C(C)C)CCC1=O. The highest BCUT2D eigenvalue weighted by atomic mass is 16.1. The molecule has 0 amide bonds. The summed E-state index contributed by atoms with van der Waals surface area (Å²) in [6.45, 7) is 6.40. The number of hydrogen-bond donors (Lipinski definition) is 0. The van der Waals surface area contributed by atoms with Gasteiger partial charge in [-0.15, -0.1) is 11.8 Å². The Labute approximate surface area is 93.6 Å². The van der Waals surface area contributed by atoms with Gasteiger partial charge in [0.05, 0.1) is 0 Å². The lowest BCUT2D eigenvalue weighted by Crippen LogP contribution is -2.27. The van der Waals surface area contributed by atoms with E-state index in [-0.39, 0.29) is 0 Å². The molecule has 0 radical (unpaired) electrons. The van der Waals surface area contributed by atoms with E-state index in [1.54, 1.807) is 0 Å². The first-order chi connectivity index (χ1) is 7.15. The van der Waals surface area contributed by atoms with Crippen LogP contribution >= 0.6 is 0 Å². The quantitative estimate of drug-likeness (QED) is 0.646. The van der Waals surface area contributed by atoms with E-state index in [0.717, 1.165) is 43.9 Å². The maximum Gasteiger partial charge on any atom is 0.136 e. The van der Waals surface area contributed by atoms with Gasteiger partial charge in [-0.1, -0.05) is 13.8 Å². The third-order valence-corrected chi connectivity index (χ3v) is 3.54. The van der Waals surface area contributed by atoms with Crippen LogP contribution < -0.4 is 0 Å². The zero-order chi connectivity index (χ0) is 11.3. The minimum atomic E-state index is 0.298. The van der Waals surface area contributed by atoms with Crippen LogP contribution in [0.5, 0.6) is 0 Å². The van der Waals surface area contributed by atoms with Gasteiger partial charge < -0.3 is 0 Å². The maximum atomic E-state index is 11.7. The Balaban J connectivity index is 2.45. The Hall–Kier alpha value is -0.770. The summed E-state index contributed by atoms with van der Waals surface area (Å²) < 4.78 is 0. The lowest BCUT2D eigenvalue weighted by Gasteiger charge is -2.30. The van der Waals surface area contributed by atoms with Crippen molar-refractivity contribution >= 4 is 5.78 Å². The number of carbonyl (C=O) groups is 1. The lowest BCUT2D eigenvalue weighted by atomic mass is 9.74. The molecule has 1 nitrogen and oxygen atoms in total. The van der Waals surface area contributed by atoms with Crippen molar-refractivity contribution < 1.29 is 4.79 Å². The Bertz CT molecular complexity index is 267. The minimum Gasteiger partial charge on any atom is -0.299 e. The summed E-state index contributed by atoms with van der Waals surface area (Å²) in [6.07, 6.45) is 4.86. The van der Waals surface area contributed by atoms with Crippen LogP contribution in [0.25, 0.3) is 0 Å². The van der Waals surface area contributed by atoms with Gasteiger partial charge in [-0.05, 0) is 38.0 Å². The van der Waals surface area contributed by atoms with Crippen molar-refractivity contribution in [3.8, 4) is 11.8 Å². The number of carbonyl (C=O) groups excluding carboxylic acids is 1. The summed E-state index contributed by atoms with van der Waals surface area (Å²) in [5.74, 6) is 8.20. The molecule has 0 aromatic rings. The molecular formula is C14H22O. The third kappa shape index (κ3) is 3.70. The number of rotatable bonds is 3. The van der Waals surface area contributed by atoms with Crippen LogP contribution in [0.1, 0.15) is 52.9 Å². The maximum absolute atomic E-state index is 11.7. The molecule has 1 fully saturated rings. The highest BCUT2D eigenvalue weighted by molar-refractivity contribution is 5.81. The van der Waals surface area contributed by atoms with Crippen LogP contribution in [-0.2, 0) is 4.79 Å². The van der Waals surface area contributed by atoms with Crippen LogP contribution in [0.2, 0.25) is 0 Å². The van der Waals surface area contributed by atoms with Gasteiger partial charge in [0.25, 0.3) is 0 Å². The molecule has 1 rings (SSSR count). The van der Waals surface area contributed by atoms with Gasteiger partial charge in [0, 0.05) is 18.8 Å². The fourth-order valence-corrected chi connectivity index (χ4v) is 2.40. The number of hydrogen-bond acceptors (Lipinski definition) is 1. The fraction of sp³-hybridized carbons (Fsp3) is 0.786. The van der Waals surface area contributed by atoms with Gasteiger partial charge >= 0.3 is 0 Å². The highest BCUT2D eigenvalue weighted by Gasteiger charge is 2.29. The molecule has 1 saturated carbocycles. The van der Waals surface area contributed by atoms with Gasteiger partial charge in [-0.25, -0.2) is 0 Å². The molecule has 0 aliphatic heterocycles. The zero-order valence-electron chi connectivity index (χ0n) is 10.2.